The van der Waals surface area contributed by atoms with Gasteiger partial charge in [0.2, 0.25) is 11.8 Å². The van der Waals surface area contributed by atoms with Gasteiger partial charge in [0.25, 0.3) is 0 Å². The number of carbonyl (C=O) groups is 2. The van der Waals surface area contributed by atoms with Gasteiger partial charge in [-0.1, -0.05) is 19.9 Å². The predicted molar refractivity (Wildman–Crippen MR) is 77.9 cm³/mol. The molecule has 0 fully saturated rings. The van der Waals surface area contributed by atoms with E-state index in [-0.39, 0.29) is 18.2 Å². The van der Waals surface area contributed by atoms with Gasteiger partial charge in [0.15, 0.2) is 0 Å². The molecular formula is C15H22N2O4. The summed E-state index contributed by atoms with van der Waals surface area (Å²) in [5, 5.41) is 2.70. The van der Waals surface area contributed by atoms with Crippen LogP contribution in [0.3, 0.4) is 0 Å². The Bertz CT molecular complexity index is 488. The lowest BCUT2D eigenvalue weighted by molar-refractivity contribution is -0.145. The van der Waals surface area contributed by atoms with Crippen molar-refractivity contribution in [3.05, 3.63) is 23.9 Å². The van der Waals surface area contributed by atoms with Crippen LogP contribution in [0.1, 0.15) is 25.8 Å². The molecule has 0 bridgehead atoms. The van der Waals surface area contributed by atoms with Crippen molar-refractivity contribution in [3.8, 4) is 5.88 Å². The first-order valence-electron chi connectivity index (χ1n) is 6.83. The van der Waals surface area contributed by atoms with Gasteiger partial charge in [0.1, 0.15) is 6.04 Å². The summed E-state index contributed by atoms with van der Waals surface area (Å²) < 4.78 is 9.90. The number of methoxy groups -OCH3 is 2. The Kier molecular flexibility index (Phi) is 6.65. The minimum Gasteiger partial charge on any atom is -0.481 e. The van der Waals surface area contributed by atoms with E-state index in [4.69, 9.17) is 9.47 Å². The maximum absolute atomic E-state index is 11.9. The molecule has 0 aromatic carbocycles. The summed E-state index contributed by atoms with van der Waals surface area (Å²) in [7, 11) is 2.81. The topological polar surface area (TPSA) is 77.5 Å². The average molecular weight is 294 g/mol. The first-order valence-corrected chi connectivity index (χ1v) is 6.83. The molecule has 116 valence electrons. The highest BCUT2D eigenvalue weighted by atomic mass is 16.5. The van der Waals surface area contributed by atoms with Gasteiger partial charge in [-0.3, -0.25) is 4.79 Å². The van der Waals surface area contributed by atoms with Gasteiger partial charge in [0, 0.05) is 24.6 Å². The molecule has 1 N–H and O–H groups in total. The molecule has 1 rings (SSSR count). The van der Waals surface area contributed by atoms with E-state index in [1.165, 1.54) is 14.2 Å². The number of nitrogens with zero attached hydrogens (tertiary/aromatic N) is 1. The lowest BCUT2D eigenvalue weighted by Crippen LogP contribution is -2.43. The number of ether oxygens (including phenoxy) is 2. The van der Waals surface area contributed by atoms with Crippen molar-refractivity contribution in [2.45, 2.75) is 32.7 Å². The molecule has 21 heavy (non-hydrogen) atoms. The second-order valence-electron chi connectivity index (χ2n) is 5.12. The number of rotatable bonds is 7. The van der Waals surface area contributed by atoms with Crippen molar-refractivity contribution < 1.29 is 19.1 Å². The van der Waals surface area contributed by atoms with Crippen molar-refractivity contribution in [2.75, 3.05) is 14.2 Å². The molecule has 0 spiro atoms. The third-order valence-corrected chi connectivity index (χ3v) is 2.88. The van der Waals surface area contributed by atoms with Gasteiger partial charge in [-0.2, -0.15) is 0 Å². The van der Waals surface area contributed by atoms with Crippen LogP contribution in [0.15, 0.2) is 18.3 Å². The Morgan fingerprint density at radius 1 is 1.33 bits per heavy atom. The predicted octanol–water partition coefficient (Wildman–Crippen LogP) is 1.34. The van der Waals surface area contributed by atoms with Crippen LogP contribution in [0, 0.1) is 5.92 Å². The first kappa shape index (κ1) is 16.9. The van der Waals surface area contributed by atoms with Crippen LogP contribution in [0.4, 0.5) is 0 Å². The third kappa shape index (κ3) is 5.41. The number of carbonyl (C=O) groups excluding carboxylic acids is 2. The molecule has 0 radical (unpaired) electrons. The number of aromatic nitrogens is 1. The lowest BCUT2D eigenvalue weighted by atomic mass is 10.1. The van der Waals surface area contributed by atoms with Crippen molar-refractivity contribution in [3.63, 3.8) is 0 Å². The smallest absolute Gasteiger partial charge is 0.328 e. The van der Waals surface area contributed by atoms with Crippen LogP contribution in [0.25, 0.3) is 0 Å². The second-order valence-corrected chi connectivity index (χ2v) is 5.12. The van der Waals surface area contributed by atoms with Gasteiger partial charge in [0.05, 0.1) is 14.2 Å². The molecule has 1 aromatic heterocycles. The van der Waals surface area contributed by atoms with E-state index in [1.807, 2.05) is 13.8 Å². The molecule has 6 heteroatoms. The van der Waals surface area contributed by atoms with Gasteiger partial charge in [-0.15, -0.1) is 0 Å². The molecule has 6 nitrogen and oxygen atoms in total. The maximum Gasteiger partial charge on any atom is 0.328 e. The van der Waals surface area contributed by atoms with E-state index in [0.717, 1.165) is 5.56 Å². The molecule has 1 aromatic rings. The number of nitrogens with one attached hydrogen (secondary N) is 1. The first-order chi connectivity index (χ1) is 9.97. The summed E-state index contributed by atoms with van der Waals surface area (Å²) >= 11 is 0. The van der Waals surface area contributed by atoms with Crippen LogP contribution < -0.4 is 10.1 Å². The van der Waals surface area contributed by atoms with E-state index in [9.17, 15) is 9.59 Å². The molecule has 1 atom stereocenters. The van der Waals surface area contributed by atoms with E-state index in [0.29, 0.717) is 12.3 Å². The number of pyridine rings is 1. The average Bonchev–Trinajstić information content (AvgIpc) is 2.45. The van der Waals surface area contributed by atoms with Crippen molar-refractivity contribution in [2.24, 2.45) is 5.92 Å². The van der Waals surface area contributed by atoms with Crippen molar-refractivity contribution in [1.82, 2.24) is 10.3 Å². The van der Waals surface area contributed by atoms with E-state index in [2.05, 4.69) is 10.3 Å². The highest BCUT2D eigenvalue weighted by Gasteiger charge is 2.23. The summed E-state index contributed by atoms with van der Waals surface area (Å²) in [5.74, 6) is -0.0120. The summed E-state index contributed by atoms with van der Waals surface area (Å²) in [6.45, 7) is 3.88. The standard InChI is InChI=1S/C15H22N2O4/c1-10(2)8-13(18)17-12(15(19)21-4)9-11-6-5-7-16-14(11)20-3/h5-7,10,12H,8-9H2,1-4H3,(H,17,18)/t12-/m0/s1. The van der Waals surface area contributed by atoms with Crippen LogP contribution in [0.5, 0.6) is 5.88 Å². The van der Waals surface area contributed by atoms with Gasteiger partial charge in [-0.05, 0) is 12.0 Å². The third-order valence-electron chi connectivity index (χ3n) is 2.88. The highest BCUT2D eigenvalue weighted by molar-refractivity contribution is 5.84. The largest absolute Gasteiger partial charge is 0.481 e. The Hall–Kier alpha value is -2.11. The van der Waals surface area contributed by atoms with E-state index < -0.39 is 12.0 Å². The molecule has 1 heterocycles. The van der Waals surface area contributed by atoms with E-state index in [1.54, 1.807) is 18.3 Å². The van der Waals surface area contributed by atoms with E-state index >= 15 is 0 Å². The number of amides is 1. The fraction of sp³-hybridized carbons (Fsp3) is 0.533. The van der Waals surface area contributed by atoms with Gasteiger partial charge < -0.3 is 14.8 Å². The van der Waals surface area contributed by atoms with Crippen LogP contribution >= 0.6 is 0 Å². The van der Waals surface area contributed by atoms with Crippen LogP contribution in [-0.4, -0.2) is 37.1 Å². The Morgan fingerprint density at radius 3 is 2.62 bits per heavy atom. The zero-order valence-corrected chi connectivity index (χ0v) is 12.9. The Morgan fingerprint density at radius 2 is 2.05 bits per heavy atom. The Balaban J connectivity index is 2.83. The maximum atomic E-state index is 11.9. The molecule has 0 aliphatic heterocycles. The summed E-state index contributed by atoms with van der Waals surface area (Å²) in [6.07, 6.45) is 2.23. The lowest BCUT2D eigenvalue weighted by Gasteiger charge is -2.18. The number of hydrogen-bond donors (Lipinski definition) is 1. The minimum absolute atomic E-state index is 0.178. The Labute approximate surface area is 124 Å². The zero-order valence-electron chi connectivity index (χ0n) is 12.9. The minimum atomic E-state index is -0.751. The molecular weight excluding hydrogens is 272 g/mol. The molecule has 0 saturated carbocycles. The molecule has 0 aliphatic rings. The molecule has 1 amide bonds. The van der Waals surface area contributed by atoms with Gasteiger partial charge in [-0.25, -0.2) is 9.78 Å². The zero-order chi connectivity index (χ0) is 15.8. The van der Waals surface area contributed by atoms with Crippen molar-refractivity contribution >= 4 is 11.9 Å². The molecule has 0 aliphatic carbocycles. The second kappa shape index (κ2) is 8.24. The summed E-state index contributed by atoms with van der Waals surface area (Å²) in [6, 6.07) is 2.80. The summed E-state index contributed by atoms with van der Waals surface area (Å²) in [5.41, 5.74) is 0.736. The van der Waals surface area contributed by atoms with Crippen LogP contribution in [-0.2, 0) is 20.7 Å². The van der Waals surface area contributed by atoms with Crippen LogP contribution in [0.2, 0.25) is 0 Å². The SMILES string of the molecule is COC(=O)[C@H](Cc1cccnc1OC)NC(=O)CC(C)C. The van der Waals surface area contributed by atoms with Gasteiger partial charge >= 0.3 is 5.97 Å². The molecule has 0 saturated heterocycles. The highest BCUT2D eigenvalue weighted by Crippen LogP contribution is 2.16. The monoisotopic (exact) mass is 294 g/mol. The fourth-order valence-corrected chi connectivity index (χ4v) is 1.94. The summed E-state index contributed by atoms with van der Waals surface area (Å²) in [4.78, 5) is 27.8. The quantitative estimate of drug-likeness (QED) is 0.768. The number of esters is 1. The normalized spacial score (nSPS) is 11.9. The molecule has 0 unspecified atom stereocenters. The fourth-order valence-electron chi connectivity index (χ4n) is 1.94. The number of hydrogen-bond acceptors (Lipinski definition) is 5. The van der Waals surface area contributed by atoms with Crippen molar-refractivity contribution in [1.29, 1.82) is 0 Å².